The number of halogens is 1. The summed E-state index contributed by atoms with van der Waals surface area (Å²) in [6.45, 7) is 9.18. The molecule has 0 N–H and O–H groups in total. The molecule has 78 valence electrons. The van der Waals surface area contributed by atoms with Crippen molar-refractivity contribution in [3.8, 4) is 5.75 Å². The summed E-state index contributed by atoms with van der Waals surface area (Å²) in [4.78, 5) is 0. The zero-order chi connectivity index (χ0) is 10.7. The van der Waals surface area contributed by atoms with Crippen LogP contribution in [0.4, 0.5) is 0 Å². The van der Waals surface area contributed by atoms with E-state index in [4.69, 9.17) is 4.74 Å². The van der Waals surface area contributed by atoms with Crippen molar-refractivity contribution in [3.63, 3.8) is 0 Å². The molecule has 2 heteroatoms. The second-order valence-electron chi connectivity index (χ2n) is 3.73. The molecule has 0 spiro atoms. The molecule has 0 radical (unpaired) electrons. The van der Waals surface area contributed by atoms with E-state index in [9.17, 15) is 0 Å². The lowest BCUT2D eigenvalue weighted by molar-refractivity contribution is 0.335. The highest BCUT2D eigenvalue weighted by molar-refractivity contribution is 9.10. The Bertz CT molecular complexity index is 318. The number of aryl methyl sites for hydroxylation is 1. The molecule has 1 aromatic carbocycles. The molecule has 1 nitrogen and oxygen atoms in total. The van der Waals surface area contributed by atoms with Gasteiger partial charge in [0.05, 0.1) is 6.61 Å². The van der Waals surface area contributed by atoms with Gasteiger partial charge in [0.25, 0.3) is 0 Å². The van der Waals surface area contributed by atoms with E-state index in [1.807, 2.05) is 6.92 Å². The fourth-order valence-electron chi connectivity index (χ4n) is 1.40. The van der Waals surface area contributed by atoms with Gasteiger partial charge in [-0.1, -0.05) is 29.8 Å². The van der Waals surface area contributed by atoms with Crippen LogP contribution >= 0.6 is 15.9 Å². The fraction of sp³-hybridized carbons (Fsp3) is 0.500. The number of benzene rings is 1. The van der Waals surface area contributed by atoms with Gasteiger partial charge in [0, 0.05) is 4.47 Å². The Hall–Kier alpha value is -0.500. The minimum absolute atomic E-state index is 0.494. The molecular weight excluding hydrogens is 240 g/mol. The van der Waals surface area contributed by atoms with Crippen LogP contribution in [0.1, 0.15) is 37.8 Å². The predicted molar refractivity (Wildman–Crippen MR) is 64.1 cm³/mol. The second kappa shape index (κ2) is 4.83. The van der Waals surface area contributed by atoms with Crippen LogP contribution in [0.3, 0.4) is 0 Å². The van der Waals surface area contributed by atoms with Gasteiger partial charge in [-0.05, 0) is 43.0 Å². The topological polar surface area (TPSA) is 9.23 Å². The molecule has 1 rings (SSSR count). The Morgan fingerprint density at radius 2 is 2.00 bits per heavy atom. The van der Waals surface area contributed by atoms with E-state index in [1.165, 1.54) is 11.1 Å². The maximum Gasteiger partial charge on any atom is 0.123 e. The van der Waals surface area contributed by atoms with Crippen LogP contribution in [0.15, 0.2) is 16.6 Å². The molecule has 0 aliphatic rings. The highest BCUT2D eigenvalue weighted by Gasteiger charge is 2.09. The molecule has 0 unspecified atom stereocenters. The number of hydrogen-bond acceptors (Lipinski definition) is 1. The van der Waals surface area contributed by atoms with E-state index < -0.39 is 0 Å². The summed E-state index contributed by atoms with van der Waals surface area (Å²) in [7, 11) is 0. The van der Waals surface area contributed by atoms with Gasteiger partial charge in [0.1, 0.15) is 5.75 Å². The maximum absolute atomic E-state index is 5.61. The molecule has 0 fully saturated rings. The van der Waals surface area contributed by atoms with Gasteiger partial charge >= 0.3 is 0 Å². The number of hydrogen-bond donors (Lipinski definition) is 0. The zero-order valence-electron chi connectivity index (χ0n) is 9.23. The fourth-order valence-corrected chi connectivity index (χ4v) is 1.76. The van der Waals surface area contributed by atoms with E-state index in [0.717, 1.165) is 16.8 Å². The van der Waals surface area contributed by atoms with Gasteiger partial charge in [0.2, 0.25) is 0 Å². The Labute approximate surface area is 94.6 Å². The van der Waals surface area contributed by atoms with Crippen molar-refractivity contribution in [2.24, 2.45) is 0 Å². The molecule has 0 atom stereocenters. The average molecular weight is 257 g/mol. The van der Waals surface area contributed by atoms with Crippen LogP contribution in [-0.2, 0) is 0 Å². The van der Waals surface area contributed by atoms with Crippen molar-refractivity contribution in [3.05, 3.63) is 27.7 Å². The minimum Gasteiger partial charge on any atom is -0.494 e. The third-order valence-electron chi connectivity index (χ3n) is 2.21. The smallest absolute Gasteiger partial charge is 0.123 e. The van der Waals surface area contributed by atoms with E-state index in [-0.39, 0.29) is 0 Å². The summed E-state index contributed by atoms with van der Waals surface area (Å²) in [6, 6.07) is 4.26. The quantitative estimate of drug-likeness (QED) is 0.785. The molecule has 0 aliphatic heterocycles. The van der Waals surface area contributed by atoms with Crippen LogP contribution < -0.4 is 4.74 Å². The zero-order valence-corrected chi connectivity index (χ0v) is 10.8. The molecule has 0 amide bonds. The Morgan fingerprint density at radius 1 is 1.36 bits per heavy atom. The van der Waals surface area contributed by atoms with Crippen molar-refractivity contribution >= 4 is 15.9 Å². The maximum atomic E-state index is 5.61. The van der Waals surface area contributed by atoms with Crippen molar-refractivity contribution in [2.45, 2.75) is 33.6 Å². The average Bonchev–Trinajstić information content (AvgIpc) is 2.11. The van der Waals surface area contributed by atoms with Gasteiger partial charge in [-0.3, -0.25) is 0 Å². The van der Waals surface area contributed by atoms with E-state index in [2.05, 4.69) is 48.8 Å². The Morgan fingerprint density at radius 3 is 2.50 bits per heavy atom. The van der Waals surface area contributed by atoms with Gasteiger partial charge in [-0.2, -0.15) is 0 Å². The van der Waals surface area contributed by atoms with Gasteiger partial charge < -0.3 is 4.74 Å². The third kappa shape index (κ3) is 2.50. The summed E-state index contributed by atoms with van der Waals surface area (Å²) < 4.78 is 6.77. The van der Waals surface area contributed by atoms with Crippen LogP contribution in [0.5, 0.6) is 5.75 Å². The highest BCUT2D eigenvalue weighted by atomic mass is 79.9. The molecule has 14 heavy (non-hydrogen) atoms. The minimum atomic E-state index is 0.494. The SMILES string of the molecule is CCOc1cc(C)c(Br)cc1C(C)C. The Kier molecular flexibility index (Phi) is 3.99. The molecule has 0 bridgehead atoms. The molecule has 0 aromatic heterocycles. The largest absolute Gasteiger partial charge is 0.494 e. The van der Waals surface area contributed by atoms with Crippen LogP contribution in [-0.4, -0.2) is 6.61 Å². The molecule has 0 saturated heterocycles. The standard InChI is InChI=1S/C12H17BrO/c1-5-14-12-6-9(4)11(13)7-10(12)8(2)3/h6-8H,5H2,1-4H3. The molecular formula is C12H17BrO. The summed E-state index contributed by atoms with van der Waals surface area (Å²) in [5.41, 5.74) is 2.49. The Balaban J connectivity index is 3.17. The van der Waals surface area contributed by atoms with Crippen LogP contribution in [0.2, 0.25) is 0 Å². The first-order chi connectivity index (χ1) is 6.56. The first kappa shape index (κ1) is 11.6. The highest BCUT2D eigenvalue weighted by Crippen LogP contribution is 2.32. The van der Waals surface area contributed by atoms with Crippen molar-refractivity contribution in [2.75, 3.05) is 6.61 Å². The van der Waals surface area contributed by atoms with E-state index in [1.54, 1.807) is 0 Å². The van der Waals surface area contributed by atoms with Gasteiger partial charge in [-0.25, -0.2) is 0 Å². The van der Waals surface area contributed by atoms with E-state index >= 15 is 0 Å². The number of ether oxygens (including phenoxy) is 1. The summed E-state index contributed by atoms with van der Waals surface area (Å²) >= 11 is 3.54. The molecule has 0 heterocycles. The van der Waals surface area contributed by atoms with Crippen molar-refractivity contribution < 1.29 is 4.74 Å². The second-order valence-corrected chi connectivity index (χ2v) is 4.58. The predicted octanol–water partition coefficient (Wildman–Crippen LogP) is 4.28. The van der Waals surface area contributed by atoms with Crippen molar-refractivity contribution in [1.82, 2.24) is 0 Å². The van der Waals surface area contributed by atoms with Gasteiger partial charge in [0.15, 0.2) is 0 Å². The first-order valence-electron chi connectivity index (χ1n) is 4.99. The lowest BCUT2D eigenvalue weighted by Crippen LogP contribution is -1.99. The van der Waals surface area contributed by atoms with E-state index in [0.29, 0.717) is 5.92 Å². The monoisotopic (exact) mass is 256 g/mol. The van der Waals surface area contributed by atoms with Gasteiger partial charge in [-0.15, -0.1) is 0 Å². The number of rotatable bonds is 3. The van der Waals surface area contributed by atoms with Crippen LogP contribution in [0.25, 0.3) is 0 Å². The normalized spacial score (nSPS) is 10.7. The lowest BCUT2D eigenvalue weighted by Gasteiger charge is -2.14. The summed E-state index contributed by atoms with van der Waals surface area (Å²) in [6.07, 6.45) is 0. The summed E-state index contributed by atoms with van der Waals surface area (Å²) in [5, 5.41) is 0. The van der Waals surface area contributed by atoms with Crippen molar-refractivity contribution in [1.29, 1.82) is 0 Å². The molecule has 1 aromatic rings. The molecule has 0 saturated carbocycles. The summed E-state index contributed by atoms with van der Waals surface area (Å²) in [5.74, 6) is 1.51. The lowest BCUT2D eigenvalue weighted by atomic mass is 10.0. The third-order valence-corrected chi connectivity index (χ3v) is 3.07. The van der Waals surface area contributed by atoms with Crippen LogP contribution in [0, 0.1) is 6.92 Å². The first-order valence-corrected chi connectivity index (χ1v) is 5.78. The molecule has 0 aliphatic carbocycles.